The first-order valence-electron chi connectivity index (χ1n) is 11.9. The van der Waals surface area contributed by atoms with Crippen molar-refractivity contribution in [2.75, 3.05) is 31.5 Å². The summed E-state index contributed by atoms with van der Waals surface area (Å²) in [7, 11) is 0. The molecule has 7 nitrogen and oxygen atoms in total. The third kappa shape index (κ3) is 4.82. The Bertz CT molecular complexity index is 1190. The number of nitrogens with one attached hydrogen (secondary N) is 1. The van der Waals surface area contributed by atoms with Crippen LogP contribution in [0.2, 0.25) is 0 Å². The summed E-state index contributed by atoms with van der Waals surface area (Å²) in [6, 6.07) is 20.4. The molecule has 34 heavy (non-hydrogen) atoms. The van der Waals surface area contributed by atoms with Gasteiger partial charge in [0.25, 0.3) is 0 Å². The summed E-state index contributed by atoms with van der Waals surface area (Å²) in [4.78, 5) is 21.2. The number of carbonyl (C=O) groups excluding carboxylic acids is 1. The number of nitriles is 1. The lowest BCUT2D eigenvalue weighted by Gasteiger charge is -2.23. The fourth-order valence-electron chi connectivity index (χ4n) is 4.92. The van der Waals surface area contributed by atoms with Crippen LogP contribution in [0.3, 0.4) is 0 Å². The number of fused-ring (bicyclic) bond motifs is 1. The number of anilines is 1. The van der Waals surface area contributed by atoms with Gasteiger partial charge in [0.05, 0.1) is 12.6 Å². The summed E-state index contributed by atoms with van der Waals surface area (Å²) in [5.74, 6) is 0.834. The highest BCUT2D eigenvalue weighted by Crippen LogP contribution is 2.31. The van der Waals surface area contributed by atoms with Gasteiger partial charge < -0.3 is 15.0 Å². The molecule has 5 rings (SSSR count). The average Bonchev–Trinajstić information content (AvgIpc) is 3.53. The molecule has 0 spiro atoms. The highest BCUT2D eigenvalue weighted by Gasteiger charge is 2.31. The highest BCUT2D eigenvalue weighted by molar-refractivity contribution is 5.95. The molecule has 3 aromatic rings. The molecule has 2 saturated heterocycles. The lowest BCUT2D eigenvalue weighted by molar-refractivity contribution is -0.132. The van der Waals surface area contributed by atoms with Crippen molar-refractivity contribution < 1.29 is 9.53 Å². The van der Waals surface area contributed by atoms with E-state index in [9.17, 15) is 10.1 Å². The number of rotatable bonds is 7. The van der Waals surface area contributed by atoms with Crippen molar-refractivity contribution in [3.8, 4) is 11.8 Å². The van der Waals surface area contributed by atoms with E-state index in [0.717, 1.165) is 60.3 Å². The predicted molar refractivity (Wildman–Crippen MR) is 131 cm³/mol. The third-order valence-corrected chi connectivity index (χ3v) is 6.68. The zero-order valence-corrected chi connectivity index (χ0v) is 19.2. The predicted octanol–water partition coefficient (Wildman–Crippen LogP) is 3.81. The van der Waals surface area contributed by atoms with Crippen LogP contribution in [0.4, 0.5) is 5.69 Å². The smallest absolute Gasteiger partial charge is 0.237 e. The number of likely N-dealkylation sites (tertiary alicyclic amines) is 2. The number of benzene rings is 2. The first-order valence-corrected chi connectivity index (χ1v) is 11.9. The van der Waals surface area contributed by atoms with E-state index in [1.165, 1.54) is 0 Å². The zero-order chi connectivity index (χ0) is 23.3. The first-order chi connectivity index (χ1) is 16.7. The Morgan fingerprint density at radius 3 is 2.85 bits per heavy atom. The first kappa shape index (κ1) is 22.2. The fourth-order valence-corrected chi connectivity index (χ4v) is 4.92. The lowest BCUT2D eigenvalue weighted by Crippen LogP contribution is -2.42. The largest absolute Gasteiger partial charge is 0.487 e. The molecule has 0 bridgehead atoms. The van der Waals surface area contributed by atoms with Crippen molar-refractivity contribution in [1.82, 2.24) is 14.8 Å². The summed E-state index contributed by atoms with van der Waals surface area (Å²) in [5.41, 5.74) is 2.98. The van der Waals surface area contributed by atoms with Gasteiger partial charge >= 0.3 is 0 Å². The van der Waals surface area contributed by atoms with Crippen LogP contribution in [0.15, 0.2) is 60.8 Å². The lowest BCUT2D eigenvalue weighted by atomic mass is 10.1. The van der Waals surface area contributed by atoms with Gasteiger partial charge in [0.15, 0.2) is 0 Å². The number of carbonyl (C=O) groups is 1. The van der Waals surface area contributed by atoms with E-state index in [1.807, 2.05) is 42.5 Å². The van der Waals surface area contributed by atoms with Crippen molar-refractivity contribution in [3.63, 3.8) is 0 Å². The fraction of sp³-hybridized carbons (Fsp3) is 0.370. The van der Waals surface area contributed by atoms with Crippen molar-refractivity contribution in [3.05, 3.63) is 66.4 Å². The van der Waals surface area contributed by atoms with Gasteiger partial charge in [0.2, 0.25) is 5.91 Å². The van der Waals surface area contributed by atoms with Crippen molar-refractivity contribution >= 4 is 22.5 Å². The average molecular weight is 456 g/mol. The number of amides is 1. The summed E-state index contributed by atoms with van der Waals surface area (Å²) >= 11 is 0. The molecule has 1 amide bonds. The molecule has 0 saturated carbocycles. The minimum absolute atomic E-state index is 0.0688. The second-order valence-electron chi connectivity index (χ2n) is 9.02. The Hall–Kier alpha value is -3.63. The minimum atomic E-state index is -0.259. The van der Waals surface area contributed by atoms with Crippen LogP contribution in [0.5, 0.6) is 5.75 Å². The minimum Gasteiger partial charge on any atom is -0.487 e. The van der Waals surface area contributed by atoms with Gasteiger partial charge in [-0.05, 0) is 49.1 Å². The van der Waals surface area contributed by atoms with E-state index >= 15 is 0 Å². The van der Waals surface area contributed by atoms with Crippen molar-refractivity contribution in [2.45, 2.75) is 38.0 Å². The molecule has 0 aliphatic carbocycles. The van der Waals surface area contributed by atoms with Gasteiger partial charge in [-0.25, -0.2) is 0 Å². The standard InChI is InChI=1S/C27H29N5O2/c28-16-22-8-5-14-32(22)26(33)18-31-15-12-21(17-31)30-24-10-11-25(27-23(24)9-4-13-29-27)34-19-20-6-2-1-3-7-20/h1-4,6-7,9-11,13,21-22,30H,5,8,12,14-15,17-19H2/t21-,22-/m0/s1. The molecule has 0 unspecified atom stereocenters. The Kier molecular flexibility index (Phi) is 6.59. The van der Waals surface area contributed by atoms with Gasteiger partial charge in [-0.2, -0.15) is 5.26 Å². The molecule has 7 heteroatoms. The van der Waals surface area contributed by atoms with Crippen LogP contribution in [-0.4, -0.2) is 59.0 Å². The van der Waals surface area contributed by atoms with Crippen LogP contribution in [-0.2, 0) is 11.4 Å². The van der Waals surface area contributed by atoms with E-state index in [1.54, 1.807) is 11.1 Å². The van der Waals surface area contributed by atoms with Crippen molar-refractivity contribution in [1.29, 1.82) is 5.26 Å². The van der Waals surface area contributed by atoms with Crippen LogP contribution < -0.4 is 10.1 Å². The number of pyridine rings is 1. The number of aromatic nitrogens is 1. The third-order valence-electron chi connectivity index (χ3n) is 6.68. The SMILES string of the molecule is N#C[C@@H]1CCCN1C(=O)CN1CC[C@H](Nc2ccc(OCc3ccccc3)c3ncccc23)C1. The molecule has 174 valence electrons. The summed E-state index contributed by atoms with van der Waals surface area (Å²) < 4.78 is 6.09. The van der Waals surface area contributed by atoms with Gasteiger partial charge in [-0.1, -0.05) is 30.3 Å². The second-order valence-corrected chi connectivity index (χ2v) is 9.02. The Morgan fingerprint density at radius 1 is 1.12 bits per heavy atom. The molecule has 2 aliphatic rings. The highest BCUT2D eigenvalue weighted by atomic mass is 16.5. The maximum absolute atomic E-state index is 12.7. The molecular formula is C27H29N5O2. The van der Waals surface area contributed by atoms with Crippen molar-refractivity contribution in [2.24, 2.45) is 0 Å². The molecule has 1 N–H and O–H groups in total. The maximum Gasteiger partial charge on any atom is 0.237 e. The van der Waals surface area contributed by atoms with E-state index in [2.05, 4.69) is 33.4 Å². The normalized spacial score (nSPS) is 20.4. The molecule has 2 aromatic carbocycles. The Balaban J connectivity index is 1.23. The summed E-state index contributed by atoms with van der Waals surface area (Å²) in [5, 5.41) is 14.0. The van der Waals surface area contributed by atoms with Gasteiger partial charge in [0.1, 0.15) is 23.9 Å². The Morgan fingerprint density at radius 2 is 2.00 bits per heavy atom. The quantitative estimate of drug-likeness (QED) is 0.583. The molecule has 2 aliphatic heterocycles. The number of hydrogen-bond acceptors (Lipinski definition) is 6. The van der Waals surface area contributed by atoms with Gasteiger partial charge in [-0.15, -0.1) is 0 Å². The van der Waals surface area contributed by atoms with Gasteiger partial charge in [-0.3, -0.25) is 14.7 Å². The second kappa shape index (κ2) is 10.1. The monoisotopic (exact) mass is 455 g/mol. The van der Waals surface area contributed by atoms with Crippen LogP contribution in [0.25, 0.3) is 10.9 Å². The molecule has 3 heterocycles. The summed E-state index contributed by atoms with van der Waals surface area (Å²) in [6.45, 7) is 3.23. The zero-order valence-electron chi connectivity index (χ0n) is 19.2. The van der Waals surface area contributed by atoms with E-state index in [-0.39, 0.29) is 18.0 Å². The molecule has 0 radical (unpaired) electrons. The number of hydrogen-bond donors (Lipinski definition) is 1. The molecule has 2 fully saturated rings. The molecule has 2 atom stereocenters. The van der Waals surface area contributed by atoms with Crippen LogP contribution in [0.1, 0.15) is 24.8 Å². The molecule has 1 aromatic heterocycles. The van der Waals surface area contributed by atoms with E-state index in [0.29, 0.717) is 19.7 Å². The number of nitrogens with zero attached hydrogens (tertiary/aromatic N) is 4. The maximum atomic E-state index is 12.7. The van der Waals surface area contributed by atoms with Crippen LogP contribution >= 0.6 is 0 Å². The van der Waals surface area contributed by atoms with Crippen LogP contribution in [0, 0.1) is 11.3 Å². The summed E-state index contributed by atoms with van der Waals surface area (Å²) in [6.07, 6.45) is 4.46. The Labute approximate surface area is 199 Å². The topological polar surface area (TPSA) is 81.5 Å². The van der Waals surface area contributed by atoms with Gasteiger partial charge in [0, 0.05) is 42.9 Å². The van der Waals surface area contributed by atoms with E-state index < -0.39 is 0 Å². The number of ether oxygens (including phenoxy) is 1. The molecular weight excluding hydrogens is 426 g/mol. The van der Waals surface area contributed by atoms with E-state index in [4.69, 9.17) is 4.74 Å².